The van der Waals surface area contributed by atoms with Crippen LogP contribution in [-0.4, -0.2) is 55.0 Å². The Morgan fingerprint density at radius 1 is 1.11 bits per heavy atom. The summed E-state index contributed by atoms with van der Waals surface area (Å²) in [6.07, 6.45) is 0.599. The fourth-order valence-corrected chi connectivity index (χ4v) is 1.20. The molecular formula is C11H19Cl2NO4. The van der Waals surface area contributed by atoms with Gasteiger partial charge in [-0.1, -0.05) is 0 Å². The molecule has 0 radical (unpaired) electrons. The maximum absolute atomic E-state index is 11.6. The summed E-state index contributed by atoms with van der Waals surface area (Å²) in [5, 5.41) is 0. The lowest BCUT2D eigenvalue weighted by molar-refractivity contribution is -0.148. The molecule has 106 valence electrons. The molecule has 0 heterocycles. The van der Waals surface area contributed by atoms with E-state index in [1.165, 1.54) is 11.9 Å². The molecule has 1 unspecified atom stereocenters. The SMILES string of the molecule is CC(C(=O)OCCCCl)N(C)C(=O)OCCCCl. The molecular weight excluding hydrogens is 281 g/mol. The van der Waals surface area contributed by atoms with Crippen molar-refractivity contribution in [3.8, 4) is 0 Å². The third-order valence-electron chi connectivity index (χ3n) is 2.24. The monoisotopic (exact) mass is 299 g/mol. The number of carbonyl (C=O) groups excluding carboxylic acids is 2. The second-order valence-electron chi connectivity index (χ2n) is 3.65. The van der Waals surface area contributed by atoms with Gasteiger partial charge in [0.15, 0.2) is 0 Å². The fraction of sp³-hybridized carbons (Fsp3) is 0.818. The summed E-state index contributed by atoms with van der Waals surface area (Å²) in [4.78, 5) is 24.3. The summed E-state index contributed by atoms with van der Waals surface area (Å²) >= 11 is 10.9. The van der Waals surface area contributed by atoms with Gasteiger partial charge in [0.1, 0.15) is 6.04 Å². The van der Waals surface area contributed by atoms with Crippen molar-refractivity contribution in [2.45, 2.75) is 25.8 Å². The number of rotatable bonds is 8. The first-order valence-electron chi connectivity index (χ1n) is 5.72. The lowest BCUT2D eigenvalue weighted by Gasteiger charge is -2.22. The minimum absolute atomic E-state index is 0.237. The van der Waals surface area contributed by atoms with E-state index in [0.717, 1.165) is 0 Å². The summed E-state index contributed by atoms with van der Waals surface area (Å²) in [6, 6.07) is -0.691. The second kappa shape index (κ2) is 10.3. The highest BCUT2D eigenvalue weighted by atomic mass is 35.5. The Hall–Kier alpha value is -0.680. The first-order valence-corrected chi connectivity index (χ1v) is 6.79. The number of hydrogen-bond donors (Lipinski definition) is 0. The summed E-state index contributed by atoms with van der Waals surface area (Å²) in [5.41, 5.74) is 0. The van der Waals surface area contributed by atoms with E-state index in [2.05, 4.69) is 0 Å². The molecule has 0 aliphatic rings. The predicted octanol–water partition coefficient (Wildman–Crippen LogP) is 2.24. The second-order valence-corrected chi connectivity index (χ2v) is 4.41. The Balaban J connectivity index is 4.02. The van der Waals surface area contributed by atoms with Gasteiger partial charge in [0, 0.05) is 18.8 Å². The lowest BCUT2D eigenvalue weighted by Crippen LogP contribution is -2.41. The van der Waals surface area contributed by atoms with Crippen LogP contribution in [0.15, 0.2) is 0 Å². The minimum Gasteiger partial charge on any atom is -0.464 e. The smallest absolute Gasteiger partial charge is 0.410 e. The maximum atomic E-state index is 11.6. The highest BCUT2D eigenvalue weighted by molar-refractivity contribution is 6.18. The van der Waals surface area contributed by atoms with Crippen molar-refractivity contribution in [3.05, 3.63) is 0 Å². The molecule has 1 atom stereocenters. The van der Waals surface area contributed by atoms with Gasteiger partial charge in [-0.25, -0.2) is 9.59 Å². The number of carbonyl (C=O) groups is 2. The molecule has 0 aliphatic heterocycles. The molecule has 0 fully saturated rings. The molecule has 0 aromatic heterocycles. The van der Waals surface area contributed by atoms with E-state index in [4.69, 9.17) is 32.7 Å². The summed E-state index contributed by atoms with van der Waals surface area (Å²) < 4.78 is 9.86. The van der Waals surface area contributed by atoms with Crippen molar-refractivity contribution in [3.63, 3.8) is 0 Å². The van der Waals surface area contributed by atoms with E-state index < -0.39 is 18.1 Å². The molecule has 0 bridgehead atoms. The van der Waals surface area contributed by atoms with Crippen molar-refractivity contribution >= 4 is 35.3 Å². The van der Waals surface area contributed by atoms with Crippen molar-refractivity contribution in [2.24, 2.45) is 0 Å². The number of nitrogens with zero attached hydrogens (tertiary/aromatic N) is 1. The molecule has 0 aromatic carbocycles. The average molecular weight is 300 g/mol. The first-order chi connectivity index (χ1) is 8.54. The Labute approximate surface area is 117 Å². The van der Waals surface area contributed by atoms with Crippen LogP contribution in [-0.2, 0) is 14.3 Å². The largest absolute Gasteiger partial charge is 0.464 e. The normalized spacial score (nSPS) is 11.8. The Bertz CT molecular complexity index is 237. The van der Waals surface area contributed by atoms with Gasteiger partial charge in [-0.3, -0.25) is 4.90 Å². The standard InChI is InChI=1S/C11H19Cl2NO4/c1-9(10(15)17-7-3-5-12)14(2)11(16)18-8-4-6-13/h9H,3-8H2,1-2H3. The molecule has 7 heteroatoms. The van der Waals surface area contributed by atoms with Gasteiger partial charge in [-0.2, -0.15) is 0 Å². The van der Waals surface area contributed by atoms with E-state index in [1.807, 2.05) is 0 Å². The molecule has 0 rings (SSSR count). The van der Waals surface area contributed by atoms with Crippen molar-refractivity contribution < 1.29 is 19.1 Å². The zero-order valence-electron chi connectivity index (χ0n) is 10.7. The van der Waals surface area contributed by atoms with Crippen LogP contribution >= 0.6 is 23.2 Å². The predicted molar refractivity (Wildman–Crippen MR) is 70.2 cm³/mol. The van der Waals surface area contributed by atoms with Gasteiger partial charge >= 0.3 is 12.1 Å². The van der Waals surface area contributed by atoms with Crippen LogP contribution in [0.25, 0.3) is 0 Å². The zero-order chi connectivity index (χ0) is 14.0. The Morgan fingerprint density at radius 3 is 2.11 bits per heavy atom. The number of amides is 1. The van der Waals surface area contributed by atoms with Gasteiger partial charge in [0.25, 0.3) is 0 Å². The van der Waals surface area contributed by atoms with Crippen LogP contribution in [0.1, 0.15) is 19.8 Å². The summed E-state index contributed by atoms with van der Waals surface area (Å²) in [6.45, 7) is 2.06. The van der Waals surface area contributed by atoms with Gasteiger partial charge in [-0.05, 0) is 19.8 Å². The van der Waals surface area contributed by atoms with Crippen LogP contribution in [0.4, 0.5) is 4.79 Å². The van der Waals surface area contributed by atoms with E-state index in [0.29, 0.717) is 24.6 Å². The number of hydrogen-bond acceptors (Lipinski definition) is 4. The molecule has 0 aliphatic carbocycles. The van der Waals surface area contributed by atoms with Crippen LogP contribution in [0.5, 0.6) is 0 Å². The third kappa shape index (κ3) is 6.91. The average Bonchev–Trinajstić information content (AvgIpc) is 2.37. The number of halogens is 2. The third-order valence-corrected chi connectivity index (χ3v) is 2.77. The maximum Gasteiger partial charge on any atom is 0.410 e. The van der Waals surface area contributed by atoms with Crippen LogP contribution in [0, 0.1) is 0 Å². The van der Waals surface area contributed by atoms with Gasteiger partial charge in [-0.15, -0.1) is 23.2 Å². The van der Waals surface area contributed by atoms with Crippen LogP contribution in [0.3, 0.4) is 0 Å². The fourth-order valence-electron chi connectivity index (χ4n) is 0.980. The number of likely N-dealkylation sites (N-methyl/N-ethyl adjacent to an activating group) is 1. The van der Waals surface area contributed by atoms with E-state index in [-0.39, 0.29) is 13.2 Å². The molecule has 5 nitrogen and oxygen atoms in total. The van der Waals surface area contributed by atoms with Crippen molar-refractivity contribution in [1.82, 2.24) is 4.90 Å². The minimum atomic E-state index is -0.691. The Kier molecular flexibility index (Phi) is 9.87. The van der Waals surface area contributed by atoms with Crippen LogP contribution in [0.2, 0.25) is 0 Å². The summed E-state index contributed by atoms with van der Waals surface area (Å²) in [5.74, 6) is 0.377. The zero-order valence-corrected chi connectivity index (χ0v) is 12.2. The van der Waals surface area contributed by atoms with Gasteiger partial charge < -0.3 is 9.47 Å². The quantitative estimate of drug-likeness (QED) is 0.392. The molecule has 0 saturated heterocycles. The van der Waals surface area contributed by atoms with E-state index in [1.54, 1.807) is 6.92 Å². The molecule has 0 aromatic rings. The van der Waals surface area contributed by atoms with E-state index in [9.17, 15) is 9.59 Å². The Morgan fingerprint density at radius 2 is 1.61 bits per heavy atom. The molecule has 0 N–H and O–H groups in total. The molecule has 18 heavy (non-hydrogen) atoms. The first kappa shape index (κ1) is 17.3. The molecule has 1 amide bonds. The topological polar surface area (TPSA) is 55.8 Å². The van der Waals surface area contributed by atoms with Crippen molar-refractivity contribution in [2.75, 3.05) is 32.0 Å². The molecule has 0 saturated carbocycles. The number of alkyl halides is 2. The van der Waals surface area contributed by atoms with Gasteiger partial charge in [0.2, 0.25) is 0 Å². The number of ether oxygens (including phenoxy) is 2. The summed E-state index contributed by atoms with van der Waals surface area (Å²) in [7, 11) is 1.48. The highest BCUT2D eigenvalue weighted by Crippen LogP contribution is 2.03. The lowest BCUT2D eigenvalue weighted by atomic mass is 10.3. The number of esters is 1. The van der Waals surface area contributed by atoms with Crippen molar-refractivity contribution in [1.29, 1.82) is 0 Å². The highest BCUT2D eigenvalue weighted by Gasteiger charge is 2.24. The molecule has 0 spiro atoms. The van der Waals surface area contributed by atoms with Crippen LogP contribution < -0.4 is 0 Å². The van der Waals surface area contributed by atoms with Gasteiger partial charge in [0.05, 0.1) is 13.2 Å². The van der Waals surface area contributed by atoms with E-state index >= 15 is 0 Å².